The minimum Gasteiger partial charge on any atom is -0.294 e. The van der Waals surface area contributed by atoms with E-state index in [-0.39, 0.29) is 0 Å². The zero-order valence-electron chi connectivity index (χ0n) is 11.1. The molecule has 1 aliphatic heterocycles. The van der Waals surface area contributed by atoms with Crippen LogP contribution in [0.25, 0.3) is 0 Å². The van der Waals surface area contributed by atoms with Crippen LogP contribution in [0.15, 0.2) is 24.3 Å². The van der Waals surface area contributed by atoms with E-state index in [1.165, 1.54) is 13.0 Å². The SMILES string of the molecule is CC(C)C1CCN(C(C)C)C2C=CC=CC12. The van der Waals surface area contributed by atoms with Crippen LogP contribution in [-0.4, -0.2) is 23.5 Å². The Bertz CT molecular complexity index is 258. The zero-order valence-corrected chi connectivity index (χ0v) is 11.1. The van der Waals surface area contributed by atoms with Crippen LogP contribution in [0.4, 0.5) is 0 Å². The number of fused-ring (bicyclic) bond motifs is 1. The van der Waals surface area contributed by atoms with Gasteiger partial charge in [0.05, 0.1) is 0 Å². The Hall–Kier alpha value is -0.560. The van der Waals surface area contributed by atoms with Crippen molar-refractivity contribution in [1.82, 2.24) is 4.90 Å². The minimum absolute atomic E-state index is 0.645. The Kier molecular flexibility index (Phi) is 3.53. The molecule has 1 nitrogen and oxygen atoms in total. The summed E-state index contributed by atoms with van der Waals surface area (Å²) in [6.45, 7) is 10.6. The Morgan fingerprint density at radius 3 is 2.38 bits per heavy atom. The topological polar surface area (TPSA) is 3.24 Å². The van der Waals surface area contributed by atoms with Gasteiger partial charge in [0, 0.05) is 12.1 Å². The molecule has 0 amide bonds. The molecule has 0 aromatic heterocycles. The summed E-state index contributed by atoms with van der Waals surface area (Å²) in [5.74, 6) is 2.40. The molecular weight excluding hydrogens is 194 g/mol. The van der Waals surface area contributed by atoms with Crippen LogP contribution in [0.1, 0.15) is 34.1 Å². The van der Waals surface area contributed by atoms with E-state index >= 15 is 0 Å². The molecule has 0 bridgehead atoms. The van der Waals surface area contributed by atoms with Gasteiger partial charge in [0.25, 0.3) is 0 Å². The summed E-state index contributed by atoms with van der Waals surface area (Å²) in [4.78, 5) is 2.66. The standard InChI is InChI=1S/C15H25N/c1-11(2)13-9-10-16(12(3)4)15-8-6-5-7-14(13)15/h5-8,11-15H,9-10H2,1-4H3. The first-order valence-electron chi connectivity index (χ1n) is 6.72. The van der Waals surface area contributed by atoms with Gasteiger partial charge >= 0.3 is 0 Å². The van der Waals surface area contributed by atoms with Gasteiger partial charge in [-0.3, -0.25) is 4.90 Å². The summed E-state index contributed by atoms with van der Waals surface area (Å²) in [7, 11) is 0. The van der Waals surface area contributed by atoms with Crippen molar-refractivity contribution in [1.29, 1.82) is 0 Å². The van der Waals surface area contributed by atoms with Crippen molar-refractivity contribution in [2.75, 3.05) is 6.54 Å². The van der Waals surface area contributed by atoms with Gasteiger partial charge in [-0.15, -0.1) is 0 Å². The van der Waals surface area contributed by atoms with Crippen LogP contribution in [0.3, 0.4) is 0 Å². The molecule has 2 aliphatic rings. The molecule has 1 fully saturated rings. The van der Waals surface area contributed by atoms with E-state index in [0.29, 0.717) is 12.1 Å². The molecule has 0 N–H and O–H groups in total. The third kappa shape index (κ3) is 2.10. The highest BCUT2D eigenvalue weighted by Gasteiger charge is 2.37. The van der Waals surface area contributed by atoms with Crippen molar-refractivity contribution in [3.63, 3.8) is 0 Å². The Morgan fingerprint density at radius 2 is 1.75 bits per heavy atom. The van der Waals surface area contributed by atoms with E-state index in [9.17, 15) is 0 Å². The number of allylic oxidation sites excluding steroid dienone is 2. The van der Waals surface area contributed by atoms with Gasteiger partial charge < -0.3 is 0 Å². The lowest BCUT2D eigenvalue weighted by atomic mass is 9.72. The largest absolute Gasteiger partial charge is 0.294 e. The molecule has 3 unspecified atom stereocenters. The molecule has 1 saturated heterocycles. The quantitative estimate of drug-likeness (QED) is 0.687. The number of piperidine rings is 1. The number of hydrogen-bond acceptors (Lipinski definition) is 1. The molecule has 1 aliphatic carbocycles. The van der Waals surface area contributed by atoms with Gasteiger partial charge in [-0.05, 0) is 44.6 Å². The first kappa shape index (κ1) is 11.9. The van der Waals surface area contributed by atoms with Crippen LogP contribution < -0.4 is 0 Å². The predicted molar refractivity (Wildman–Crippen MR) is 70.3 cm³/mol. The van der Waals surface area contributed by atoms with Crippen molar-refractivity contribution in [3.05, 3.63) is 24.3 Å². The van der Waals surface area contributed by atoms with Crippen LogP contribution in [-0.2, 0) is 0 Å². The molecule has 90 valence electrons. The van der Waals surface area contributed by atoms with E-state index < -0.39 is 0 Å². The maximum absolute atomic E-state index is 2.66. The molecule has 0 aromatic carbocycles. The molecule has 3 atom stereocenters. The van der Waals surface area contributed by atoms with E-state index in [1.807, 2.05) is 0 Å². The maximum atomic E-state index is 2.66. The van der Waals surface area contributed by atoms with Gasteiger partial charge in [0.1, 0.15) is 0 Å². The number of likely N-dealkylation sites (tertiary alicyclic amines) is 1. The third-order valence-corrected chi connectivity index (χ3v) is 4.26. The summed E-state index contributed by atoms with van der Waals surface area (Å²) in [5.41, 5.74) is 0. The highest BCUT2D eigenvalue weighted by atomic mass is 15.2. The van der Waals surface area contributed by atoms with Gasteiger partial charge in [0.15, 0.2) is 0 Å². The smallest absolute Gasteiger partial charge is 0.0349 e. The van der Waals surface area contributed by atoms with Crippen LogP contribution >= 0.6 is 0 Å². The lowest BCUT2D eigenvalue weighted by Gasteiger charge is -2.47. The first-order chi connectivity index (χ1) is 7.61. The van der Waals surface area contributed by atoms with Crippen molar-refractivity contribution in [3.8, 4) is 0 Å². The Balaban J connectivity index is 2.19. The van der Waals surface area contributed by atoms with Gasteiger partial charge in [-0.2, -0.15) is 0 Å². The predicted octanol–water partition coefficient (Wildman–Crippen LogP) is 3.48. The fourth-order valence-electron chi connectivity index (χ4n) is 3.36. The highest BCUT2D eigenvalue weighted by Crippen LogP contribution is 2.37. The van der Waals surface area contributed by atoms with Gasteiger partial charge in [-0.1, -0.05) is 38.2 Å². The van der Waals surface area contributed by atoms with Crippen LogP contribution in [0.2, 0.25) is 0 Å². The monoisotopic (exact) mass is 219 g/mol. The average molecular weight is 219 g/mol. The van der Waals surface area contributed by atoms with E-state index in [2.05, 4.69) is 56.9 Å². The average Bonchev–Trinajstić information content (AvgIpc) is 2.27. The summed E-state index contributed by atoms with van der Waals surface area (Å²) in [6, 6.07) is 1.31. The summed E-state index contributed by atoms with van der Waals surface area (Å²) < 4.78 is 0. The molecule has 2 rings (SSSR count). The van der Waals surface area contributed by atoms with Crippen molar-refractivity contribution in [2.24, 2.45) is 17.8 Å². The van der Waals surface area contributed by atoms with Crippen LogP contribution in [0, 0.1) is 17.8 Å². The maximum Gasteiger partial charge on any atom is 0.0349 e. The summed E-state index contributed by atoms with van der Waals surface area (Å²) in [5, 5.41) is 0. The van der Waals surface area contributed by atoms with Crippen molar-refractivity contribution < 1.29 is 0 Å². The molecule has 0 radical (unpaired) electrons. The minimum atomic E-state index is 0.645. The Labute approximate surface area is 100 Å². The molecule has 1 heteroatoms. The van der Waals surface area contributed by atoms with E-state index in [0.717, 1.165) is 17.8 Å². The molecule has 16 heavy (non-hydrogen) atoms. The zero-order chi connectivity index (χ0) is 11.7. The van der Waals surface area contributed by atoms with Gasteiger partial charge in [0.2, 0.25) is 0 Å². The number of rotatable bonds is 2. The number of nitrogens with zero attached hydrogens (tertiary/aromatic N) is 1. The highest BCUT2D eigenvalue weighted by molar-refractivity contribution is 5.20. The lowest BCUT2D eigenvalue weighted by molar-refractivity contribution is 0.0532. The molecule has 0 spiro atoms. The first-order valence-corrected chi connectivity index (χ1v) is 6.72. The van der Waals surface area contributed by atoms with E-state index in [4.69, 9.17) is 0 Å². The fourth-order valence-corrected chi connectivity index (χ4v) is 3.36. The Morgan fingerprint density at radius 1 is 1.06 bits per heavy atom. The number of hydrogen-bond donors (Lipinski definition) is 0. The normalized spacial score (nSPS) is 34.8. The molecule has 0 aromatic rings. The third-order valence-electron chi connectivity index (χ3n) is 4.26. The summed E-state index contributed by atoms with van der Waals surface area (Å²) >= 11 is 0. The molecule has 1 heterocycles. The second kappa shape index (κ2) is 4.75. The molecular formula is C15H25N. The van der Waals surface area contributed by atoms with Gasteiger partial charge in [-0.25, -0.2) is 0 Å². The summed E-state index contributed by atoms with van der Waals surface area (Å²) in [6.07, 6.45) is 10.7. The second-order valence-corrected chi connectivity index (χ2v) is 5.87. The lowest BCUT2D eigenvalue weighted by Crippen LogP contribution is -2.51. The fraction of sp³-hybridized carbons (Fsp3) is 0.733. The van der Waals surface area contributed by atoms with Crippen molar-refractivity contribution in [2.45, 2.75) is 46.2 Å². The van der Waals surface area contributed by atoms with E-state index in [1.54, 1.807) is 0 Å². The second-order valence-electron chi connectivity index (χ2n) is 5.87. The van der Waals surface area contributed by atoms with Crippen LogP contribution in [0.5, 0.6) is 0 Å². The molecule has 0 saturated carbocycles. The van der Waals surface area contributed by atoms with Crippen molar-refractivity contribution >= 4 is 0 Å².